The van der Waals surface area contributed by atoms with E-state index in [1.807, 2.05) is 41.2 Å². The van der Waals surface area contributed by atoms with Crippen molar-refractivity contribution in [2.24, 2.45) is 4.99 Å². The van der Waals surface area contributed by atoms with Crippen LogP contribution < -0.4 is 14.8 Å². The fraction of sp³-hybridized carbons (Fsp3) is 0.136. The molecule has 4 aromatic rings. The van der Waals surface area contributed by atoms with Crippen LogP contribution in [0.5, 0.6) is 11.5 Å². The van der Waals surface area contributed by atoms with Crippen LogP contribution in [0.3, 0.4) is 0 Å². The van der Waals surface area contributed by atoms with Gasteiger partial charge in [0.05, 0.1) is 26.5 Å². The van der Waals surface area contributed by atoms with Gasteiger partial charge in [0.15, 0.2) is 23.0 Å². The summed E-state index contributed by atoms with van der Waals surface area (Å²) in [6.45, 7) is 0.716. The smallest absolute Gasteiger partial charge is 0.180 e. The molecule has 2 aromatic heterocycles. The molecule has 1 N–H and O–H groups in total. The second-order valence-electron chi connectivity index (χ2n) is 6.71. The Morgan fingerprint density at radius 3 is 2.79 bits per heavy atom. The summed E-state index contributed by atoms with van der Waals surface area (Å²) in [4.78, 5) is 13.6. The maximum Gasteiger partial charge on any atom is 0.180 e. The quantitative estimate of drug-likeness (QED) is 0.560. The van der Waals surface area contributed by atoms with Crippen LogP contribution in [-0.2, 0) is 6.54 Å². The average Bonchev–Trinajstić information content (AvgIpc) is 3.42. The molecule has 1 aliphatic heterocycles. The summed E-state index contributed by atoms with van der Waals surface area (Å²) in [5.74, 6) is 1.98. The number of fused-ring (bicyclic) bond motifs is 2. The second-order valence-corrected chi connectivity index (χ2v) is 6.71. The van der Waals surface area contributed by atoms with Crippen molar-refractivity contribution >= 4 is 23.4 Å². The van der Waals surface area contributed by atoms with Gasteiger partial charge < -0.3 is 19.2 Å². The summed E-state index contributed by atoms with van der Waals surface area (Å²) in [6.07, 6.45) is 7.57. The molecule has 3 heterocycles. The minimum Gasteiger partial charge on any atom is -0.493 e. The Labute approximate surface area is 167 Å². The third-order valence-corrected chi connectivity index (χ3v) is 4.95. The van der Waals surface area contributed by atoms with Crippen molar-refractivity contribution < 1.29 is 9.47 Å². The Morgan fingerprint density at radius 1 is 1.03 bits per heavy atom. The van der Waals surface area contributed by atoms with Gasteiger partial charge in [-0.25, -0.2) is 9.97 Å². The zero-order valence-corrected chi connectivity index (χ0v) is 16.1. The highest BCUT2D eigenvalue weighted by molar-refractivity contribution is 5.86. The number of imidazole rings is 1. The molecule has 0 amide bonds. The zero-order valence-electron chi connectivity index (χ0n) is 16.1. The van der Waals surface area contributed by atoms with Gasteiger partial charge in [0.2, 0.25) is 0 Å². The molecule has 144 valence electrons. The molecule has 0 spiro atoms. The van der Waals surface area contributed by atoms with Gasteiger partial charge in [0, 0.05) is 42.1 Å². The Balaban J connectivity index is 1.56. The average molecular weight is 385 g/mol. The molecule has 5 rings (SSSR count). The monoisotopic (exact) mass is 385 g/mol. The molecule has 0 radical (unpaired) electrons. The Kier molecular flexibility index (Phi) is 4.13. The first kappa shape index (κ1) is 17.2. The molecule has 7 heteroatoms. The lowest BCUT2D eigenvalue weighted by Gasteiger charge is -2.13. The van der Waals surface area contributed by atoms with Gasteiger partial charge in [0.25, 0.3) is 0 Å². The summed E-state index contributed by atoms with van der Waals surface area (Å²) in [5.41, 5.74) is 5.85. The van der Waals surface area contributed by atoms with Crippen LogP contribution in [0.1, 0.15) is 11.1 Å². The van der Waals surface area contributed by atoms with Crippen molar-refractivity contribution in [3.63, 3.8) is 0 Å². The van der Waals surface area contributed by atoms with Crippen molar-refractivity contribution in [1.82, 2.24) is 14.4 Å². The SMILES string of the molecule is COc1ccc(Nc2nc(-c3ccc4c(c3)CN=C4)cn3ccnc23)cc1OC. The third-order valence-electron chi connectivity index (χ3n) is 4.95. The summed E-state index contributed by atoms with van der Waals surface area (Å²) >= 11 is 0. The van der Waals surface area contributed by atoms with E-state index in [1.54, 1.807) is 20.4 Å². The second kappa shape index (κ2) is 6.94. The van der Waals surface area contributed by atoms with Crippen LogP contribution in [0.2, 0.25) is 0 Å². The van der Waals surface area contributed by atoms with E-state index in [0.717, 1.165) is 22.6 Å². The topological polar surface area (TPSA) is 73.0 Å². The number of hydrogen-bond donors (Lipinski definition) is 1. The van der Waals surface area contributed by atoms with Crippen molar-refractivity contribution in [1.29, 1.82) is 0 Å². The fourth-order valence-electron chi connectivity index (χ4n) is 3.48. The Morgan fingerprint density at radius 2 is 1.93 bits per heavy atom. The van der Waals surface area contributed by atoms with E-state index in [2.05, 4.69) is 33.5 Å². The van der Waals surface area contributed by atoms with Gasteiger partial charge in [0.1, 0.15) is 0 Å². The van der Waals surface area contributed by atoms with Crippen LogP contribution in [-0.4, -0.2) is 34.8 Å². The highest BCUT2D eigenvalue weighted by Gasteiger charge is 2.13. The first-order chi connectivity index (χ1) is 14.2. The van der Waals surface area contributed by atoms with Crippen molar-refractivity contribution in [3.05, 3.63) is 66.1 Å². The molecule has 0 fully saturated rings. The fourth-order valence-corrected chi connectivity index (χ4v) is 3.48. The number of benzene rings is 2. The summed E-state index contributed by atoms with van der Waals surface area (Å²) in [7, 11) is 3.23. The van der Waals surface area contributed by atoms with E-state index in [0.29, 0.717) is 23.9 Å². The first-order valence-corrected chi connectivity index (χ1v) is 9.21. The molecule has 7 nitrogen and oxygen atoms in total. The molecule has 0 unspecified atom stereocenters. The summed E-state index contributed by atoms with van der Waals surface area (Å²) < 4.78 is 12.7. The molecule has 29 heavy (non-hydrogen) atoms. The molecular weight excluding hydrogens is 366 g/mol. The molecule has 0 aliphatic carbocycles. The summed E-state index contributed by atoms with van der Waals surface area (Å²) in [5, 5.41) is 3.37. The van der Waals surface area contributed by atoms with Crippen LogP contribution >= 0.6 is 0 Å². The summed E-state index contributed by atoms with van der Waals surface area (Å²) in [6, 6.07) is 12.0. The van der Waals surface area contributed by atoms with Gasteiger partial charge in [-0.2, -0.15) is 0 Å². The largest absolute Gasteiger partial charge is 0.493 e. The molecule has 2 aromatic carbocycles. The number of aliphatic imine (C=N–C) groups is 1. The number of ether oxygens (including phenoxy) is 2. The Hall–Kier alpha value is -3.87. The number of anilines is 2. The number of aromatic nitrogens is 3. The number of methoxy groups -OCH3 is 2. The lowest BCUT2D eigenvalue weighted by Crippen LogP contribution is -2.01. The van der Waals surface area contributed by atoms with Gasteiger partial charge >= 0.3 is 0 Å². The Bertz CT molecular complexity index is 1250. The van der Waals surface area contributed by atoms with E-state index < -0.39 is 0 Å². The lowest BCUT2D eigenvalue weighted by atomic mass is 10.0. The molecule has 0 saturated carbocycles. The zero-order chi connectivity index (χ0) is 19.8. The van der Waals surface area contributed by atoms with E-state index in [9.17, 15) is 0 Å². The molecule has 0 atom stereocenters. The molecular formula is C22H19N5O2. The maximum absolute atomic E-state index is 5.40. The highest BCUT2D eigenvalue weighted by Crippen LogP contribution is 2.32. The lowest BCUT2D eigenvalue weighted by molar-refractivity contribution is 0.355. The molecule has 0 saturated heterocycles. The van der Waals surface area contributed by atoms with Gasteiger partial charge in [-0.3, -0.25) is 4.99 Å². The highest BCUT2D eigenvalue weighted by atomic mass is 16.5. The van der Waals surface area contributed by atoms with E-state index in [1.165, 1.54) is 11.1 Å². The van der Waals surface area contributed by atoms with Crippen molar-refractivity contribution in [2.45, 2.75) is 6.54 Å². The molecule has 1 aliphatic rings. The predicted molar refractivity (Wildman–Crippen MR) is 113 cm³/mol. The van der Waals surface area contributed by atoms with E-state index in [4.69, 9.17) is 14.5 Å². The minimum atomic E-state index is 0.645. The van der Waals surface area contributed by atoms with Crippen molar-refractivity contribution in [3.8, 4) is 22.8 Å². The van der Waals surface area contributed by atoms with E-state index in [-0.39, 0.29) is 0 Å². The van der Waals surface area contributed by atoms with Crippen molar-refractivity contribution in [2.75, 3.05) is 19.5 Å². The normalized spacial score (nSPS) is 12.2. The molecule has 0 bridgehead atoms. The number of nitrogens with zero attached hydrogens (tertiary/aromatic N) is 4. The number of nitrogens with one attached hydrogen (secondary N) is 1. The first-order valence-electron chi connectivity index (χ1n) is 9.21. The standard InChI is InChI=1S/C22H19N5O2/c1-28-19-6-5-17(10-20(19)29-2)25-21-22-24-7-8-27(22)13-18(26-21)14-3-4-15-11-23-12-16(15)9-14/h3-11,13H,12H2,1-2H3,(H,25,26). The number of rotatable bonds is 5. The maximum atomic E-state index is 5.40. The minimum absolute atomic E-state index is 0.645. The van der Waals surface area contributed by atoms with Crippen LogP contribution in [0.15, 0.2) is 60.0 Å². The predicted octanol–water partition coefficient (Wildman–Crippen LogP) is 4.09. The van der Waals surface area contributed by atoms with Gasteiger partial charge in [-0.1, -0.05) is 12.1 Å². The van der Waals surface area contributed by atoms with Crippen LogP contribution in [0.25, 0.3) is 16.9 Å². The number of hydrogen-bond acceptors (Lipinski definition) is 6. The van der Waals surface area contributed by atoms with Crippen LogP contribution in [0, 0.1) is 0 Å². The van der Waals surface area contributed by atoms with Crippen LogP contribution in [0.4, 0.5) is 11.5 Å². The van der Waals surface area contributed by atoms with E-state index >= 15 is 0 Å². The third kappa shape index (κ3) is 3.06. The van der Waals surface area contributed by atoms with Gasteiger partial charge in [-0.15, -0.1) is 0 Å². The van der Waals surface area contributed by atoms with Gasteiger partial charge in [-0.05, 0) is 29.3 Å².